The van der Waals surface area contributed by atoms with Crippen molar-refractivity contribution in [3.8, 4) is 11.4 Å². The maximum absolute atomic E-state index is 4.62. The molecule has 2 nitrogen and oxygen atoms in total. The van der Waals surface area contributed by atoms with Crippen LogP contribution in [-0.4, -0.2) is 9.97 Å². The number of aromatic nitrogens is 2. The van der Waals surface area contributed by atoms with Crippen LogP contribution in [-0.2, 0) is 0 Å². The summed E-state index contributed by atoms with van der Waals surface area (Å²) in [4.78, 5) is 9.20. The topological polar surface area (TPSA) is 25.8 Å². The molecule has 0 unspecified atom stereocenters. The van der Waals surface area contributed by atoms with Gasteiger partial charge in [-0.25, -0.2) is 9.97 Å². The van der Waals surface area contributed by atoms with Gasteiger partial charge >= 0.3 is 0 Å². The Kier molecular flexibility index (Phi) is 2.84. The van der Waals surface area contributed by atoms with Gasteiger partial charge in [0.25, 0.3) is 0 Å². The van der Waals surface area contributed by atoms with Gasteiger partial charge in [0.1, 0.15) is 0 Å². The predicted octanol–water partition coefficient (Wildman–Crippen LogP) is 4.37. The zero-order valence-corrected chi connectivity index (χ0v) is 11.5. The van der Waals surface area contributed by atoms with E-state index in [0.29, 0.717) is 0 Å². The summed E-state index contributed by atoms with van der Waals surface area (Å²) in [6.45, 7) is 2.02. The van der Waals surface area contributed by atoms with Crippen molar-refractivity contribution < 1.29 is 0 Å². The Morgan fingerprint density at radius 2 is 1.72 bits per heavy atom. The molecule has 0 fully saturated rings. The Bertz CT molecular complexity index is 708. The molecule has 1 heterocycles. The SMILES string of the molecule is Cc1nc(-c2ccccc2)nc2ccc(Br)cc12. The first kappa shape index (κ1) is 11.4. The summed E-state index contributed by atoms with van der Waals surface area (Å²) in [6, 6.07) is 16.1. The second-order valence-corrected chi connectivity index (χ2v) is 5.08. The van der Waals surface area contributed by atoms with Crippen LogP contribution in [0, 0.1) is 6.92 Å². The van der Waals surface area contributed by atoms with Crippen LogP contribution in [0.15, 0.2) is 53.0 Å². The van der Waals surface area contributed by atoms with Crippen LogP contribution in [0.1, 0.15) is 5.69 Å². The third kappa shape index (κ3) is 2.02. The number of benzene rings is 2. The summed E-state index contributed by atoms with van der Waals surface area (Å²) in [5, 5.41) is 1.09. The molecule has 88 valence electrons. The van der Waals surface area contributed by atoms with E-state index in [1.54, 1.807) is 0 Å². The van der Waals surface area contributed by atoms with E-state index in [-0.39, 0.29) is 0 Å². The summed E-state index contributed by atoms with van der Waals surface area (Å²) in [6.07, 6.45) is 0. The van der Waals surface area contributed by atoms with E-state index in [2.05, 4.69) is 32.0 Å². The van der Waals surface area contributed by atoms with E-state index in [1.807, 2.05) is 49.4 Å². The average molecular weight is 299 g/mol. The van der Waals surface area contributed by atoms with Crippen LogP contribution in [0.4, 0.5) is 0 Å². The minimum Gasteiger partial charge on any atom is -0.233 e. The number of halogens is 1. The third-order valence-corrected chi connectivity index (χ3v) is 3.37. The van der Waals surface area contributed by atoms with Gasteiger partial charge in [0.2, 0.25) is 0 Å². The molecule has 3 heteroatoms. The molecule has 1 aromatic heterocycles. The predicted molar refractivity (Wildman–Crippen MR) is 77.4 cm³/mol. The monoisotopic (exact) mass is 298 g/mol. The van der Waals surface area contributed by atoms with E-state index in [9.17, 15) is 0 Å². The van der Waals surface area contributed by atoms with Crippen LogP contribution in [0.5, 0.6) is 0 Å². The lowest BCUT2D eigenvalue weighted by Crippen LogP contribution is -1.94. The quantitative estimate of drug-likeness (QED) is 0.667. The molecule has 2 aromatic carbocycles. The van der Waals surface area contributed by atoms with Gasteiger partial charge in [0.15, 0.2) is 5.82 Å². The summed E-state index contributed by atoms with van der Waals surface area (Å²) in [7, 11) is 0. The maximum atomic E-state index is 4.62. The first-order valence-corrected chi connectivity index (χ1v) is 6.53. The number of hydrogen-bond donors (Lipinski definition) is 0. The molecule has 0 saturated carbocycles. The molecule has 0 aliphatic rings. The molecule has 0 N–H and O–H groups in total. The van der Waals surface area contributed by atoms with Crippen molar-refractivity contribution in [2.24, 2.45) is 0 Å². The highest BCUT2D eigenvalue weighted by Crippen LogP contribution is 2.23. The maximum Gasteiger partial charge on any atom is 0.160 e. The highest BCUT2D eigenvalue weighted by atomic mass is 79.9. The van der Waals surface area contributed by atoms with Crippen molar-refractivity contribution >= 4 is 26.8 Å². The van der Waals surface area contributed by atoms with Gasteiger partial charge in [-0.1, -0.05) is 46.3 Å². The van der Waals surface area contributed by atoms with Gasteiger partial charge < -0.3 is 0 Å². The number of fused-ring (bicyclic) bond motifs is 1. The van der Waals surface area contributed by atoms with Gasteiger partial charge in [-0.15, -0.1) is 0 Å². The first-order chi connectivity index (χ1) is 8.74. The fourth-order valence-electron chi connectivity index (χ4n) is 1.97. The van der Waals surface area contributed by atoms with Gasteiger partial charge in [0.05, 0.1) is 5.52 Å². The Morgan fingerprint density at radius 3 is 2.50 bits per heavy atom. The van der Waals surface area contributed by atoms with Crippen LogP contribution < -0.4 is 0 Å². The largest absolute Gasteiger partial charge is 0.233 e. The Hall–Kier alpha value is -1.74. The van der Waals surface area contributed by atoms with Gasteiger partial charge in [-0.05, 0) is 25.1 Å². The summed E-state index contributed by atoms with van der Waals surface area (Å²) in [5.74, 6) is 0.780. The third-order valence-electron chi connectivity index (χ3n) is 2.88. The minimum atomic E-state index is 0.780. The van der Waals surface area contributed by atoms with Crippen LogP contribution in [0.25, 0.3) is 22.3 Å². The highest BCUT2D eigenvalue weighted by molar-refractivity contribution is 9.10. The number of hydrogen-bond acceptors (Lipinski definition) is 2. The second-order valence-electron chi connectivity index (χ2n) is 4.16. The lowest BCUT2D eigenvalue weighted by atomic mass is 10.1. The molecule has 0 bridgehead atoms. The second kappa shape index (κ2) is 4.50. The van der Waals surface area contributed by atoms with Crippen molar-refractivity contribution in [1.82, 2.24) is 9.97 Å². The lowest BCUT2D eigenvalue weighted by Gasteiger charge is -2.06. The Balaban J connectivity index is 2.25. The molecular formula is C15H11BrN2. The van der Waals surface area contributed by atoms with Crippen molar-refractivity contribution in [2.45, 2.75) is 6.92 Å². The van der Waals surface area contributed by atoms with Crippen LogP contribution in [0.2, 0.25) is 0 Å². The van der Waals surface area contributed by atoms with Crippen molar-refractivity contribution in [3.63, 3.8) is 0 Å². The van der Waals surface area contributed by atoms with Gasteiger partial charge in [0, 0.05) is 21.1 Å². The molecule has 0 aliphatic heterocycles. The standard InChI is InChI=1S/C15H11BrN2/c1-10-13-9-12(16)7-8-14(13)18-15(17-10)11-5-3-2-4-6-11/h2-9H,1H3. The fraction of sp³-hybridized carbons (Fsp3) is 0.0667. The molecule has 0 amide bonds. The number of rotatable bonds is 1. The summed E-state index contributed by atoms with van der Waals surface area (Å²) < 4.78 is 1.05. The molecule has 0 spiro atoms. The van der Waals surface area contributed by atoms with Crippen molar-refractivity contribution in [2.75, 3.05) is 0 Å². The minimum absolute atomic E-state index is 0.780. The van der Waals surface area contributed by atoms with E-state index in [0.717, 1.165) is 32.5 Å². The van der Waals surface area contributed by atoms with E-state index in [1.165, 1.54) is 0 Å². The normalized spacial score (nSPS) is 10.8. The molecule has 0 atom stereocenters. The van der Waals surface area contributed by atoms with Crippen LogP contribution in [0.3, 0.4) is 0 Å². The molecular weight excluding hydrogens is 288 g/mol. The van der Waals surface area contributed by atoms with Gasteiger partial charge in [-0.3, -0.25) is 0 Å². The zero-order valence-electron chi connectivity index (χ0n) is 9.89. The van der Waals surface area contributed by atoms with E-state index in [4.69, 9.17) is 0 Å². The number of nitrogens with zero attached hydrogens (tertiary/aromatic N) is 2. The molecule has 0 aliphatic carbocycles. The molecule has 3 rings (SSSR count). The average Bonchev–Trinajstić information content (AvgIpc) is 2.40. The molecule has 18 heavy (non-hydrogen) atoms. The Morgan fingerprint density at radius 1 is 0.944 bits per heavy atom. The first-order valence-electron chi connectivity index (χ1n) is 5.73. The van der Waals surface area contributed by atoms with Gasteiger partial charge in [-0.2, -0.15) is 0 Å². The molecule has 0 radical (unpaired) electrons. The van der Waals surface area contributed by atoms with Crippen LogP contribution >= 0.6 is 15.9 Å². The highest BCUT2D eigenvalue weighted by Gasteiger charge is 2.06. The molecule has 0 saturated heterocycles. The lowest BCUT2D eigenvalue weighted by molar-refractivity contribution is 1.16. The van der Waals surface area contributed by atoms with E-state index >= 15 is 0 Å². The van der Waals surface area contributed by atoms with Crippen molar-refractivity contribution in [1.29, 1.82) is 0 Å². The smallest absolute Gasteiger partial charge is 0.160 e. The zero-order chi connectivity index (χ0) is 12.5. The molecule has 3 aromatic rings. The summed E-state index contributed by atoms with van der Waals surface area (Å²) in [5.41, 5.74) is 3.02. The van der Waals surface area contributed by atoms with Crippen molar-refractivity contribution in [3.05, 3.63) is 58.7 Å². The Labute approximate surface area is 114 Å². The fourth-order valence-corrected chi connectivity index (χ4v) is 2.33. The summed E-state index contributed by atoms with van der Waals surface area (Å²) >= 11 is 3.47. The number of aryl methyl sites for hydroxylation is 1. The van der Waals surface area contributed by atoms with E-state index < -0.39 is 0 Å².